The lowest BCUT2D eigenvalue weighted by atomic mass is 10.0. The van der Waals surface area contributed by atoms with Gasteiger partial charge >= 0.3 is 0 Å². The number of benzene rings is 1. The highest BCUT2D eigenvalue weighted by Gasteiger charge is 2.46. The Kier molecular flexibility index (Phi) is 11.3. The maximum atomic E-state index is 5.87. The fraction of sp³-hybridized carbons (Fsp3) is 0.667. The van der Waals surface area contributed by atoms with Crippen molar-refractivity contribution in [1.29, 1.82) is 0 Å². The Balaban J connectivity index is 1.90. The van der Waals surface area contributed by atoms with E-state index in [0.29, 0.717) is 38.3 Å². The van der Waals surface area contributed by atoms with Crippen molar-refractivity contribution < 1.29 is 33.2 Å². The monoisotopic (exact) mass is 438 g/mol. The van der Waals surface area contributed by atoms with Crippen molar-refractivity contribution in [3.8, 4) is 11.5 Å². The van der Waals surface area contributed by atoms with Gasteiger partial charge in [-0.2, -0.15) is 0 Å². The second kappa shape index (κ2) is 13.7. The predicted molar refractivity (Wildman–Crippen MR) is 119 cm³/mol. The SMILES string of the molecule is COCCOCOc1ccc(C/C=C(\C)CCC2OC2(C)C)c(OCOCCOC)c1. The van der Waals surface area contributed by atoms with E-state index in [0.717, 1.165) is 30.6 Å². The molecule has 0 aliphatic carbocycles. The van der Waals surface area contributed by atoms with E-state index in [2.05, 4.69) is 26.8 Å². The fourth-order valence-corrected chi connectivity index (χ4v) is 3.03. The van der Waals surface area contributed by atoms with Gasteiger partial charge in [-0.15, -0.1) is 0 Å². The van der Waals surface area contributed by atoms with Crippen LogP contribution >= 0.6 is 0 Å². The van der Waals surface area contributed by atoms with Crippen molar-refractivity contribution in [2.75, 3.05) is 54.2 Å². The molecular formula is C24H38O7. The van der Waals surface area contributed by atoms with E-state index in [1.807, 2.05) is 18.2 Å². The van der Waals surface area contributed by atoms with E-state index < -0.39 is 0 Å². The minimum absolute atomic E-state index is 0.0488. The zero-order valence-electron chi connectivity index (χ0n) is 19.6. The van der Waals surface area contributed by atoms with Crippen LogP contribution in [0.25, 0.3) is 0 Å². The molecule has 1 aliphatic rings. The van der Waals surface area contributed by atoms with E-state index in [9.17, 15) is 0 Å². The second-order valence-electron chi connectivity index (χ2n) is 8.10. The largest absolute Gasteiger partial charge is 0.467 e. The Bertz CT molecular complexity index is 672. The van der Waals surface area contributed by atoms with Gasteiger partial charge in [0.05, 0.1) is 38.1 Å². The first-order valence-corrected chi connectivity index (χ1v) is 10.8. The van der Waals surface area contributed by atoms with Crippen molar-refractivity contribution in [1.82, 2.24) is 0 Å². The highest BCUT2D eigenvalue weighted by atomic mass is 16.7. The molecule has 1 aromatic carbocycles. The first-order chi connectivity index (χ1) is 15.0. The number of hydrogen-bond donors (Lipinski definition) is 0. The van der Waals surface area contributed by atoms with Crippen molar-refractivity contribution >= 4 is 0 Å². The average Bonchev–Trinajstić information content (AvgIpc) is 3.37. The lowest BCUT2D eigenvalue weighted by molar-refractivity contribution is -0.0118. The molecule has 0 N–H and O–H groups in total. The molecule has 1 heterocycles. The van der Waals surface area contributed by atoms with Gasteiger partial charge in [-0.25, -0.2) is 0 Å². The Hall–Kier alpha value is -1.64. The van der Waals surface area contributed by atoms with Gasteiger partial charge in [0.25, 0.3) is 0 Å². The maximum Gasteiger partial charge on any atom is 0.189 e. The fourth-order valence-electron chi connectivity index (χ4n) is 3.03. The molecule has 2 rings (SSSR count). The Morgan fingerprint density at radius 2 is 1.65 bits per heavy atom. The van der Waals surface area contributed by atoms with Gasteiger partial charge in [-0.1, -0.05) is 17.7 Å². The highest BCUT2D eigenvalue weighted by molar-refractivity contribution is 5.42. The van der Waals surface area contributed by atoms with Crippen LogP contribution in [0, 0.1) is 0 Å². The van der Waals surface area contributed by atoms with E-state index in [1.165, 1.54) is 5.57 Å². The molecule has 31 heavy (non-hydrogen) atoms. The van der Waals surface area contributed by atoms with Crippen LogP contribution in [0.1, 0.15) is 39.2 Å². The number of hydrogen-bond acceptors (Lipinski definition) is 7. The molecular weight excluding hydrogens is 400 g/mol. The van der Waals surface area contributed by atoms with Crippen LogP contribution in [0.15, 0.2) is 29.8 Å². The zero-order chi connectivity index (χ0) is 22.5. The molecule has 1 unspecified atom stereocenters. The zero-order valence-corrected chi connectivity index (χ0v) is 19.6. The van der Waals surface area contributed by atoms with E-state index in [4.69, 9.17) is 33.2 Å². The van der Waals surface area contributed by atoms with Crippen LogP contribution < -0.4 is 9.47 Å². The normalized spacial score (nSPS) is 17.6. The smallest absolute Gasteiger partial charge is 0.189 e. The summed E-state index contributed by atoms with van der Waals surface area (Å²) in [6, 6.07) is 5.82. The van der Waals surface area contributed by atoms with Gasteiger partial charge in [0.2, 0.25) is 0 Å². The molecule has 1 aliphatic heterocycles. The number of ether oxygens (including phenoxy) is 7. The highest BCUT2D eigenvalue weighted by Crippen LogP contribution is 2.39. The van der Waals surface area contributed by atoms with Gasteiger partial charge in [-0.3, -0.25) is 0 Å². The molecule has 1 atom stereocenters. The Morgan fingerprint density at radius 3 is 2.26 bits per heavy atom. The molecule has 7 nitrogen and oxygen atoms in total. The topological polar surface area (TPSA) is 67.9 Å². The summed E-state index contributed by atoms with van der Waals surface area (Å²) in [5.41, 5.74) is 2.47. The van der Waals surface area contributed by atoms with Crippen LogP contribution in [-0.2, 0) is 30.1 Å². The molecule has 0 radical (unpaired) electrons. The summed E-state index contributed by atoms with van der Waals surface area (Å²) in [5, 5.41) is 0. The number of epoxide rings is 1. The lowest BCUT2D eigenvalue weighted by Gasteiger charge is -2.14. The van der Waals surface area contributed by atoms with Crippen molar-refractivity contribution in [2.45, 2.75) is 51.7 Å². The Morgan fingerprint density at radius 1 is 1.00 bits per heavy atom. The molecule has 176 valence electrons. The van der Waals surface area contributed by atoms with Gasteiger partial charge in [0, 0.05) is 20.3 Å². The summed E-state index contributed by atoms with van der Waals surface area (Å²) in [7, 11) is 3.28. The minimum Gasteiger partial charge on any atom is -0.467 e. The van der Waals surface area contributed by atoms with Crippen LogP contribution in [-0.4, -0.2) is 65.9 Å². The molecule has 0 saturated carbocycles. The van der Waals surface area contributed by atoms with Gasteiger partial charge < -0.3 is 33.2 Å². The van der Waals surface area contributed by atoms with Gasteiger partial charge in [0.15, 0.2) is 13.6 Å². The summed E-state index contributed by atoms with van der Waals surface area (Å²) in [5.74, 6) is 1.42. The van der Waals surface area contributed by atoms with E-state index in [-0.39, 0.29) is 19.2 Å². The maximum absolute atomic E-state index is 5.87. The van der Waals surface area contributed by atoms with Crippen LogP contribution in [0.2, 0.25) is 0 Å². The number of rotatable bonds is 17. The third-order valence-electron chi connectivity index (χ3n) is 5.14. The van der Waals surface area contributed by atoms with Crippen molar-refractivity contribution in [3.63, 3.8) is 0 Å². The van der Waals surface area contributed by atoms with E-state index >= 15 is 0 Å². The predicted octanol–water partition coefficient (Wildman–Crippen LogP) is 4.13. The van der Waals surface area contributed by atoms with Crippen molar-refractivity contribution in [3.05, 3.63) is 35.4 Å². The summed E-state index contributed by atoms with van der Waals surface area (Å²) >= 11 is 0. The molecule has 7 heteroatoms. The van der Waals surface area contributed by atoms with Crippen LogP contribution in [0.5, 0.6) is 11.5 Å². The second-order valence-corrected chi connectivity index (χ2v) is 8.10. The molecule has 0 aromatic heterocycles. The molecule has 0 amide bonds. The van der Waals surface area contributed by atoms with Gasteiger partial charge in [0.1, 0.15) is 11.5 Å². The number of methoxy groups -OCH3 is 2. The first kappa shape index (κ1) is 25.6. The Labute approximate surface area is 186 Å². The summed E-state index contributed by atoms with van der Waals surface area (Å²) in [6.07, 6.45) is 5.49. The van der Waals surface area contributed by atoms with Crippen LogP contribution in [0.3, 0.4) is 0 Å². The standard InChI is InChI=1S/C24H38O7/c1-19(7-11-23-24(2,3)31-23)6-8-20-9-10-21(29-17-27-14-12-25-4)16-22(20)30-18-28-15-13-26-5/h6,9-10,16,23H,7-8,11-15,17-18H2,1-5H3/b19-6+. The molecule has 1 fully saturated rings. The summed E-state index contributed by atoms with van der Waals surface area (Å²) in [4.78, 5) is 0. The minimum atomic E-state index is 0.0488. The quantitative estimate of drug-likeness (QED) is 0.157. The molecule has 1 saturated heterocycles. The summed E-state index contributed by atoms with van der Waals surface area (Å²) in [6.45, 7) is 8.78. The molecule has 1 aromatic rings. The molecule has 0 bridgehead atoms. The lowest BCUT2D eigenvalue weighted by Crippen LogP contribution is -2.10. The van der Waals surface area contributed by atoms with E-state index in [1.54, 1.807) is 14.2 Å². The van der Waals surface area contributed by atoms with Gasteiger partial charge in [-0.05, 0) is 51.7 Å². The van der Waals surface area contributed by atoms with Crippen LogP contribution in [0.4, 0.5) is 0 Å². The third kappa shape index (κ3) is 10.0. The molecule has 0 spiro atoms. The summed E-state index contributed by atoms with van der Waals surface area (Å²) < 4.78 is 38.0. The first-order valence-electron chi connectivity index (χ1n) is 10.8. The third-order valence-corrected chi connectivity index (χ3v) is 5.14. The average molecular weight is 439 g/mol. The number of allylic oxidation sites excluding steroid dienone is 2. The van der Waals surface area contributed by atoms with Crippen molar-refractivity contribution in [2.24, 2.45) is 0 Å².